The van der Waals surface area contributed by atoms with E-state index >= 15 is 0 Å². The molecule has 102 valence electrons. The van der Waals surface area contributed by atoms with E-state index in [4.69, 9.17) is 0 Å². The zero-order valence-corrected chi connectivity index (χ0v) is 8.59. The lowest BCUT2D eigenvalue weighted by Gasteiger charge is -2.30. The highest BCUT2D eigenvalue weighted by Crippen LogP contribution is 2.64. The normalized spacial score (nSPS) is 38.6. The van der Waals surface area contributed by atoms with Crippen LogP contribution in [0.5, 0.6) is 0 Å². The van der Waals surface area contributed by atoms with Gasteiger partial charge in [0.2, 0.25) is 6.17 Å². The monoisotopic (exact) mass is 272 g/mol. The minimum absolute atomic E-state index is 0.915. The Labute approximate surface area is 90.7 Å². The average Bonchev–Trinajstić information content (AvgIpc) is 2.18. The molecule has 9 heteroatoms. The quantitative estimate of drug-likeness (QED) is 0.700. The Morgan fingerprint density at radius 3 is 1.53 bits per heavy atom. The van der Waals surface area contributed by atoms with E-state index < -0.39 is 35.9 Å². The molecule has 2 atom stereocenters. The Hall–Kier alpha value is -0.600. The fourth-order valence-corrected chi connectivity index (χ4v) is 1.45. The van der Waals surface area contributed by atoms with Crippen molar-refractivity contribution in [2.45, 2.75) is 49.7 Å². The van der Waals surface area contributed by atoms with Crippen molar-refractivity contribution in [2.24, 2.45) is 0 Å². The van der Waals surface area contributed by atoms with Crippen LogP contribution >= 0.6 is 0 Å². The van der Waals surface area contributed by atoms with Gasteiger partial charge in [-0.1, -0.05) is 0 Å². The molecule has 1 aliphatic rings. The Bertz CT molecular complexity index is 315. The maximum absolute atomic E-state index is 13.4. The second kappa shape index (κ2) is 3.46. The second-order valence-electron chi connectivity index (χ2n) is 3.95. The third-order valence-corrected chi connectivity index (χ3v) is 2.29. The maximum atomic E-state index is 13.4. The molecule has 17 heavy (non-hydrogen) atoms. The molecule has 0 heterocycles. The summed E-state index contributed by atoms with van der Waals surface area (Å²) in [5.74, 6) is -23.0. The van der Waals surface area contributed by atoms with Gasteiger partial charge in [0.05, 0.1) is 6.10 Å². The van der Waals surface area contributed by atoms with Crippen molar-refractivity contribution < 1.29 is 39.9 Å². The fraction of sp³-hybridized carbons (Fsp3) is 1.00. The van der Waals surface area contributed by atoms with Gasteiger partial charge in [-0.2, -0.15) is 26.3 Å². The van der Waals surface area contributed by atoms with Gasteiger partial charge in [0.25, 0.3) is 0 Å². The number of alkyl halides is 8. The van der Waals surface area contributed by atoms with Crippen molar-refractivity contribution in [2.75, 3.05) is 0 Å². The van der Waals surface area contributed by atoms with Gasteiger partial charge in [-0.3, -0.25) is 0 Å². The van der Waals surface area contributed by atoms with E-state index in [1.54, 1.807) is 0 Å². The molecule has 1 aliphatic carbocycles. The highest BCUT2D eigenvalue weighted by atomic mass is 19.4. The highest BCUT2D eigenvalue weighted by Gasteiger charge is 2.94. The summed E-state index contributed by atoms with van der Waals surface area (Å²) in [5, 5.41) is 0. The smallest absolute Gasteiger partial charge is 0.336 e. The van der Waals surface area contributed by atoms with E-state index in [1.807, 2.05) is 0 Å². The number of hydrogen-bond acceptors (Lipinski definition) is 1. The predicted octanol–water partition coefficient (Wildman–Crippen LogP) is 3.33. The van der Waals surface area contributed by atoms with Crippen LogP contribution in [0, 0.1) is 0 Å². The third-order valence-electron chi connectivity index (χ3n) is 2.29. The second-order valence-corrected chi connectivity index (χ2v) is 3.95. The van der Waals surface area contributed by atoms with Crippen LogP contribution in [0.2, 0.25) is 0 Å². The molecular formula is C8H8F8O. The van der Waals surface area contributed by atoms with Crippen molar-refractivity contribution in [1.29, 1.82) is 0 Å². The number of hydrogen-bond donors (Lipinski definition) is 0. The van der Waals surface area contributed by atoms with Crippen LogP contribution in [0.25, 0.3) is 0 Å². The molecular weight excluding hydrogens is 264 g/mol. The SMILES string of the molecule is CC(C)OC1(F)C(F)C(F)(F)C(F)(F)C1(F)F. The molecule has 0 saturated heterocycles. The van der Waals surface area contributed by atoms with Gasteiger partial charge in [-0.05, 0) is 13.8 Å². The van der Waals surface area contributed by atoms with Crippen molar-refractivity contribution in [1.82, 2.24) is 0 Å². The minimum Gasteiger partial charge on any atom is -0.336 e. The van der Waals surface area contributed by atoms with Crippen LogP contribution < -0.4 is 0 Å². The summed E-state index contributed by atoms with van der Waals surface area (Å²) in [4.78, 5) is 0. The first-order valence-electron chi connectivity index (χ1n) is 4.46. The zero-order valence-electron chi connectivity index (χ0n) is 8.59. The van der Waals surface area contributed by atoms with Gasteiger partial charge in [0, 0.05) is 0 Å². The lowest BCUT2D eigenvalue weighted by molar-refractivity contribution is -0.337. The first-order chi connectivity index (χ1) is 7.32. The fourth-order valence-electron chi connectivity index (χ4n) is 1.45. The summed E-state index contributed by atoms with van der Waals surface area (Å²) in [6, 6.07) is 0. The van der Waals surface area contributed by atoms with Crippen molar-refractivity contribution in [3.63, 3.8) is 0 Å². The van der Waals surface area contributed by atoms with E-state index in [2.05, 4.69) is 4.74 Å². The van der Waals surface area contributed by atoms with Crippen LogP contribution in [0.4, 0.5) is 35.1 Å². The van der Waals surface area contributed by atoms with Crippen LogP contribution in [-0.2, 0) is 4.74 Å². The molecule has 1 nitrogen and oxygen atoms in total. The molecule has 1 fully saturated rings. The Kier molecular flexibility index (Phi) is 2.94. The van der Waals surface area contributed by atoms with Gasteiger partial charge in [-0.15, -0.1) is 0 Å². The lowest BCUT2D eigenvalue weighted by atomic mass is 10.1. The molecule has 1 rings (SSSR count). The Morgan fingerprint density at radius 1 is 0.882 bits per heavy atom. The first kappa shape index (κ1) is 14.5. The van der Waals surface area contributed by atoms with E-state index in [0.717, 1.165) is 13.8 Å². The standard InChI is InChI=1S/C8H8F8O/c1-3(2)17-6(12)4(9)5(10,11)7(13,14)8(6,15)16/h3-4H,1-2H3. The van der Waals surface area contributed by atoms with Gasteiger partial charge in [-0.25, -0.2) is 8.78 Å². The zero-order chi connectivity index (χ0) is 13.9. The largest absolute Gasteiger partial charge is 0.381 e. The molecule has 0 aliphatic heterocycles. The van der Waals surface area contributed by atoms with E-state index in [9.17, 15) is 35.1 Å². The molecule has 0 amide bonds. The summed E-state index contributed by atoms with van der Waals surface area (Å²) in [5.41, 5.74) is 0. The average molecular weight is 272 g/mol. The first-order valence-corrected chi connectivity index (χ1v) is 4.46. The summed E-state index contributed by atoms with van der Waals surface area (Å²) in [7, 11) is 0. The topological polar surface area (TPSA) is 9.23 Å². The predicted molar refractivity (Wildman–Crippen MR) is 39.8 cm³/mol. The molecule has 0 spiro atoms. The van der Waals surface area contributed by atoms with Crippen LogP contribution in [-0.4, -0.2) is 35.9 Å². The minimum atomic E-state index is -6.16. The van der Waals surface area contributed by atoms with Crippen molar-refractivity contribution >= 4 is 0 Å². The summed E-state index contributed by atoms with van der Waals surface area (Å²) in [6.45, 7) is 1.83. The number of ether oxygens (including phenoxy) is 1. The van der Waals surface area contributed by atoms with E-state index in [-0.39, 0.29) is 0 Å². The highest BCUT2D eigenvalue weighted by molar-refractivity contribution is 5.19. The van der Waals surface area contributed by atoms with Crippen LogP contribution in [0.1, 0.15) is 13.8 Å². The summed E-state index contributed by atoms with van der Waals surface area (Å²) in [6.07, 6.45) is -5.93. The Balaban J connectivity index is 3.34. The molecule has 0 N–H and O–H groups in total. The van der Waals surface area contributed by atoms with Crippen LogP contribution in [0.3, 0.4) is 0 Å². The maximum Gasteiger partial charge on any atom is 0.381 e. The van der Waals surface area contributed by atoms with E-state index in [1.165, 1.54) is 0 Å². The number of halogens is 8. The Morgan fingerprint density at radius 2 is 1.29 bits per heavy atom. The van der Waals surface area contributed by atoms with E-state index in [0.29, 0.717) is 0 Å². The lowest BCUT2D eigenvalue weighted by Crippen LogP contribution is -2.54. The van der Waals surface area contributed by atoms with Gasteiger partial charge in [0.15, 0.2) is 0 Å². The molecule has 1 saturated carbocycles. The van der Waals surface area contributed by atoms with Crippen LogP contribution in [0.15, 0.2) is 0 Å². The molecule has 0 aromatic rings. The van der Waals surface area contributed by atoms with Gasteiger partial charge >= 0.3 is 23.6 Å². The van der Waals surface area contributed by atoms with Crippen molar-refractivity contribution in [3.8, 4) is 0 Å². The number of rotatable bonds is 2. The molecule has 2 unspecified atom stereocenters. The van der Waals surface area contributed by atoms with Gasteiger partial charge in [0.1, 0.15) is 0 Å². The molecule has 0 aromatic heterocycles. The molecule has 0 radical (unpaired) electrons. The van der Waals surface area contributed by atoms with Crippen molar-refractivity contribution in [3.05, 3.63) is 0 Å². The molecule has 0 aromatic carbocycles. The third kappa shape index (κ3) is 1.47. The van der Waals surface area contributed by atoms with Gasteiger partial charge < -0.3 is 4.74 Å². The summed E-state index contributed by atoms with van der Waals surface area (Å²) < 4.78 is 106. The summed E-state index contributed by atoms with van der Waals surface area (Å²) >= 11 is 0. The molecule has 0 bridgehead atoms.